The van der Waals surface area contributed by atoms with Gasteiger partial charge in [0, 0.05) is 87.3 Å². The van der Waals surface area contributed by atoms with Gasteiger partial charge in [-0.25, -0.2) is 0 Å². The summed E-state index contributed by atoms with van der Waals surface area (Å²) in [5, 5.41) is 9.58. The van der Waals surface area contributed by atoms with E-state index in [1.807, 2.05) is 41.1 Å². The molecule has 312 valence electrons. The van der Waals surface area contributed by atoms with E-state index < -0.39 is 23.8 Å². The average Bonchev–Trinajstić information content (AvgIpc) is 3.73. The number of imide groups is 2. The summed E-state index contributed by atoms with van der Waals surface area (Å²) in [6.45, 7) is 10.8. The van der Waals surface area contributed by atoms with Crippen LogP contribution in [0.4, 0.5) is 5.69 Å². The smallest absolute Gasteiger partial charge is 0.262 e. The van der Waals surface area contributed by atoms with Gasteiger partial charge in [0.25, 0.3) is 23.6 Å². The molecule has 0 spiro atoms. The maximum Gasteiger partial charge on any atom is 0.262 e. The van der Waals surface area contributed by atoms with E-state index in [9.17, 15) is 34.0 Å². The largest absolute Gasteiger partial charge is 0.489 e. The lowest BCUT2D eigenvalue weighted by molar-refractivity contribution is -0.195. The topological polar surface area (TPSA) is 152 Å². The zero-order valence-corrected chi connectivity index (χ0v) is 35.5. The Morgan fingerprint density at radius 1 is 0.883 bits per heavy atom. The number of benzene rings is 3. The van der Waals surface area contributed by atoms with Gasteiger partial charge in [-0.05, 0) is 84.8 Å². The Bertz CT molecular complexity index is 2320. The van der Waals surface area contributed by atoms with Gasteiger partial charge in [0.1, 0.15) is 24.0 Å². The number of fused-ring (bicyclic) bond motifs is 2. The standard InChI is InChI=1S/C46H49ClN6O7/c1-45(2)43(46(3,4)44(45)60-32-12-9-28(25-48)35(47)24-32)50(6)39(56)27-7-10-31(11-8-27)51-15-17-52(18-16-51)38(55)21-26-19-29-22-33-34(23-30(29)20-26)41(58)53(40(33)57)36-13-14-37(54)49(5)42(36)59/h7-12,22-24,26,36,43-44H,13-21H2,1-6H3. The number of nitrogens with zero attached hydrogens (tertiary/aromatic N) is 6. The molecule has 13 nitrogen and oxygen atoms in total. The molecule has 3 aromatic rings. The minimum atomic E-state index is -0.991. The van der Waals surface area contributed by atoms with E-state index in [4.69, 9.17) is 16.3 Å². The molecule has 3 aliphatic heterocycles. The van der Waals surface area contributed by atoms with Gasteiger partial charge in [-0.15, -0.1) is 0 Å². The first-order chi connectivity index (χ1) is 28.4. The quantitative estimate of drug-likeness (QED) is 0.273. The molecule has 2 aliphatic carbocycles. The van der Waals surface area contributed by atoms with Crippen molar-refractivity contribution in [1.82, 2.24) is 19.6 Å². The highest BCUT2D eigenvalue weighted by Crippen LogP contribution is 2.58. The number of nitriles is 1. The zero-order chi connectivity index (χ0) is 43.0. The summed E-state index contributed by atoms with van der Waals surface area (Å²) >= 11 is 6.27. The van der Waals surface area contributed by atoms with E-state index in [1.54, 1.807) is 30.3 Å². The fourth-order valence-electron chi connectivity index (χ4n) is 11.0. The second kappa shape index (κ2) is 15.1. The molecule has 3 aromatic carbocycles. The van der Waals surface area contributed by atoms with E-state index in [0.717, 1.165) is 26.6 Å². The molecule has 8 rings (SSSR count). The van der Waals surface area contributed by atoms with Gasteiger partial charge in [-0.1, -0.05) is 39.3 Å². The molecule has 0 aromatic heterocycles. The number of anilines is 1. The van der Waals surface area contributed by atoms with Crippen LogP contribution in [0.5, 0.6) is 5.75 Å². The van der Waals surface area contributed by atoms with Crippen molar-refractivity contribution in [2.45, 2.75) is 78.0 Å². The number of rotatable bonds is 8. The number of amides is 6. The van der Waals surface area contributed by atoms with Crippen LogP contribution in [0.15, 0.2) is 54.6 Å². The van der Waals surface area contributed by atoms with Crippen LogP contribution in [0.2, 0.25) is 5.02 Å². The van der Waals surface area contributed by atoms with Crippen molar-refractivity contribution in [3.05, 3.63) is 93.0 Å². The maximum absolute atomic E-state index is 13.9. The van der Waals surface area contributed by atoms with E-state index in [1.165, 1.54) is 7.05 Å². The summed E-state index contributed by atoms with van der Waals surface area (Å²) in [6.07, 6.45) is 1.60. The Morgan fingerprint density at radius 2 is 1.48 bits per heavy atom. The third-order valence-corrected chi connectivity index (χ3v) is 13.9. The Labute approximate surface area is 354 Å². The lowest BCUT2D eigenvalue weighted by atomic mass is 9.49. The lowest BCUT2D eigenvalue weighted by Crippen LogP contribution is -2.74. The minimum Gasteiger partial charge on any atom is -0.489 e. The molecule has 5 aliphatic rings. The summed E-state index contributed by atoms with van der Waals surface area (Å²) in [4.78, 5) is 87.0. The van der Waals surface area contributed by atoms with Crippen molar-refractivity contribution >= 4 is 52.7 Å². The number of piperidine rings is 1. The molecule has 60 heavy (non-hydrogen) atoms. The van der Waals surface area contributed by atoms with Crippen LogP contribution < -0.4 is 9.64 Å². The third-order valence-electron chi connectivity index (χ3n) is 13.5. The van der Waals surface area contributed by atoms with E-state index in [2.05, 4.69) is 38.7 Å². The number of piperazine rings is 1. The summed E-state index contributed by atoms with van der Waals surface area (Å²) in [6, 6.07) is 17.2. The van der Waals surface area contributed by atoms with Crippen molar-refractivity contribution in [2.75, 3.05) is 45.2 Å². The monoisotopic (exact) mass is 832 g/mol. The van der Waals surface area contributed by atoms with Crippen LogP contribution in [-0.4, -0.2) is 114 Å². The number of halogens is 1. The molecule has 0 bridgehead atoms. The predicted molar refractivity (Wildman–Crippen MR) is 223 cm³/mol. The van der Waals surface area contributed by atoms with Crippen LogP contribution >= 0.6 is 11.6 Å². The van der Waals surface area contributed by atoms with Gasteiger partial charge < -0.3 is 19.4 Å². The predicted octanol–water partition coefficient (Wildman–Crippen LogP) is 5.36. The number of hydrogen-bond acceptors (Lipinski definition) is 9. The zero-order valence-electron chi connectivity index (χ0n) is 34.8. The van der Waals surface area contributed by atoms with Crippen LogP contribution in [0, 0.1) is 28.1 Å². The second-order valence-corrected chi connectivity index (χ2v) is 18.5. The summed E-state index contributed by atoms with van der Waals surface area (Å²) in [7, 11) is 3.21. The fourth-order valence-corrected chi connectivity index (χ4v) is 11.2. The Kier molecular flexibility index (Phi) is 10.3. The van der Waals surface area contributed by atoms with Crippen molar-refractivity contribution in [3.8, 4) is 11.8 Å². The number of ether oxygens (including phenoxy) is 1. The van der Waals surface area contributed by atoms with E-state index >= 15 is 0 Å². The molecule has 1 atom stereocenters. The van der Waals surface area contributed by atoms with E-state index in [-0.39, 0.29) is 70.6 Å². The second-order valence-electron chi connectivity index (χ2n) is 18.1. The Morgan fingerprint density at radius 3 is 2.05 bits per heavy atom. The first-order valence-electron chi connectivity index (χ1n) is 20.5. The number of likely N-dealkylation sites (N-methyl/N-ethyl adjacent to an activating group) is 1. The molecular weight excluding hydrogens is 784 g/mol. The van der Waals surface area contributed by atoms with Gasteiger partial charge in [-0.2, -0.15) is 5.26 Å². The summed E-state index contributed by atoms with van der Waals surface area (Å²) < 4.78 is 6.43. The van der Waals surface area contributed by atoms with Crippen molar-refractivity contribution < 1.29 is 33.5 Å². The van der Waals surface area contributed by atoms with Gasteiger partial charge in [0.2, 0.25) is 11.8 Å². The SMILES string of the molecule is CN1C(=O)CCC(N2C(=O)c3cc4c(cc3C2=O)CC(CC(=O)N2CCN(c3ccc(C(=O)N(C)C5C(C)(C)C(Oc6ccc(C#N)c(Cl)c6)C5(C)C)cc3)CC2)C4)C1=O. The van der Waals surface area contributed by atoms with Crippen molar-refractivity contribution in [3.63, 3.8) is 0 Å². The fraction of sp³-hybridized carbons (Fsp3) is 0.457. The maximum atomic E-state index is 13.9. The van der Waals surface area contributed by atoms with Crippen molar-refractivity contribution in [2.24, 2.45) is 16.7 Å². The van der Waals surface area contributed by atoms with E-state index in [0.29, 0.717) is 67.3 Å². The first kappa shape index (κ1) is 41.0. The van der Waals surface area contributed by atoms with Crippen LogP contribution in [0.25, 0.3) is 0 Å². The molecule has 6 amide bonds. The first-order valence-corrected chi connectivity index (χ1v) is 20.9. The Balaban J connectivity index is 0.829. The van der Waals surface area contributed by atoms with Crippen LogP contribution in [-0.2, 0) is 27.2 Å². The molecule has 0 radical (unpaired) electrons. The van der Waals surface area contributed by atoms with Gasteiger partial charge in [0.15, 0.2) is 0 Å². The normalized spacial score (nSPS) is 23.3. The molecule has 1 unspecified atom stereocenters. The lowest BCUT2D eigenvalue weighted by Gasteiger charge is -2.65. The number of likely N-dealkylation sites (tertiary alicyclic amines) is 1. The highest BCUT2D eigenvalue weighted by molar-refractivity contribution is 6.31. The van der Waals surface area contributed by atoms with Gasteiger partial charge in [-0.3, -0.25) is 38.6 Å². The Hall–Kier alpha value is -5.74. The molecule has 1 saturated carbocycles. The van der Waals surface area contributed by atoms with Crippen LogP contribution in [0.1, 0.15) is 94.7 Å². The minimum absolute atomic E-state index is 0.0494. The van der Waals surface area contributed by atoms with Gasteiger partial charge in [0.05, 0.1) is 21.7 Å². The third kappa shape index (κ3) is 6.79. The number of carbonyl (C=O) groups excluding carboxylic acids is 6. The molecule has 3 fully saturated rings. The molecule has 0 N–H and O–H groups in total. The van der Waals surface area contributed by atoms with Gasteiger partial charge >= 0.3 is 0 Å². The van der Waals surface area contributed by atoms with Crippen molar-refractivity contribution in [1.29, 1.82) is 5.26 Å². The molecule has 14 heteroatoms. The molecule has 2 saturated heterocycles. The summed E-state index contributed by atoms with van der Waals surface area (Å²) in [5.74, 6) is -1.27. The summed E-state index contributed by atoms with van der Waals surface area (Å²) in [5.41, 5.74) is 3.64. The number of carbonyl (C=O) groups is 6. The molecular formula is C46H49ClN6O7. The van der Waals surface area contributed by atoms with Crippen LogP contribution in [0.3, 0.4) is 0 Å². The highest BCUT2D eigenvalue weighted by atomic mass is 35.5. The highest BCUT2D eigenvalue weighted by Gasteiger charge is 2.65. The average molecular weight is 833 g/mol. The molecule has 3 heterocycles. The number of hydrogen-bond donors (Lipinski definition) is 0.